The SMILES string of the molecule is N#Cc1cccc(-c2ccc(C(c3ccc(N(c4ccccc4)c4ccccc4)cc3)(c3ccc(N(c4ccccc4)c4ccccc4)cc3)c3ccc(N(c4ccccc4)c4ccccc4)cc3)cc2)c1. The van der Waals surface area contributed by atoms with E-state index in [4.69, 9.17) is 0 Å². The number of anilines is 9. The van der Waals surface area contributed by atoms with Crippen LogP contribution < -0.4 is 14.7 Å². The molecule has 4 nitrogen and oxygen atoms in total. The van der Waals surface area contributed by atoms with E-state index in [0.29, 0.717) is 5.56 Å². The lowest BCUT2D eigenvalue weighted by Crippen LogP contribution is -2.31. The number of hydrogen-bond acceptors (Lipinski definition) is 4. The predicted molar refractivity (Wildman–Crippen MR) is 299 cm³/mol. The molecule has 342 valence electrons. The van der Waals surface area contributed by atoms with Gasteiger partial charge in [-0.25, -0.2) is 0 Å². The quantitative estimate of drug-likeness (QED) is 0.102. The van der Waals surface area contributed by atoms with Gasteiger partial charge < -0.3 is 14.7 Å². The minimum Gasteiger partial charge on any atom is -0.311 e. The first-order valence-electron chi connectivity index (χ1n) is 24.3. The zero-order valence-corrected chi connectivity index (χ0v) is 39.7. The fourth-order valence-electron chi connectivity index (χ4n) is 10.1. The zero-order chi connectivity index (χ0) is 48.5. The van der Waals surface area contributed by atoms with Crippen molar-refractivity contribution >= 4 is 51.2 Å². The van der Waals surface area contributed by atoms with Crippen molar-refractivity contribution in [2.45, 2.75) is 5.41 Å². The number of nitrogens with zero attached hydrogens (tertiary/aromatic N) is 4. The average molecular weight is 923 g/mol. The molecule has 11 rings (SSSR count). The van der Waals surface area contributed by atoms with Crippen molar-refractivity contribution in [3.63, 3.8) is 0 Å². The maximum atomic E-state index is 9.83. The summed E-state index contributed by atoms with van der Waals surface area (Å²) in [5, 5.41) is 9.83. The fourth-order valence-corrected chi connectivity index (χ4v) is 10.1. The third-order valence-corrected chi connectivity index (χ3v) is 13.4. The minimum absolute atomic E-state index is 0.631. The molecule has 0 aliphatic heterocycles. The first-order chi connectivity index (χ1) is 35.7. The first kappa shape index (κ1) is 44.8. The minimum atomic E-state index is -0.818. The first-order valence-corrected chi connectivity index (χ1v) is 24.3. The molecular formula is C68H50N4. The van der Waals surface area contributed by atoms with Crippen molar-refractivity contribution in [1.29, 1.82) is 5.26 Å². The Balaban J connectivity index is 1.13. The Morgan fingerprint density at radius 1 is 0.236 bits per heavy atom. The topological polar surface area (TPSA) is 33.5 Å². The molecule has 0 aromatic heterocycles. The molecule has 0 heterocycles. The van der Waals surface area contributed by atoms with Gasteiger partial charge in [0.1, 0.15) is 0 Å². The summed E-state index contributed by atoms with van der Waals surface area (Å²) in [4.78, 5) is 6.92. The zero-order valence-electron chi connectivity index (χ0n) is 39.7. The molecule has 11 aromatic carbocycles. The van der Waals surface area contributed by atoms with Gasteiger partial charge in [-0.3, -0.25) is 0 Å². The number of nitriles is 1. The van der Waals surface area contributed by atoms with E-state index in [1.165, 1.54) is 0 Å². The highest BCUT2D eigenvalue weighted by Crippen LogP contribution is 2.49. The van der Waals surface area contributed by atoms with Crippen LogP contribution in [0.3, 0.4) is 0 Å². The smallest absolute Gasteiger partial charge is 0.0991 e. The fraction of sp³-hybridized carbons (Fsp3) is 0.0147. The van der Waals surface area contributed by atoms with Gasteiger partial charge in [-0.2, -0.15) is 5.26 Å². The predicted octanol–water partition coefficient (Wildman–Crippen LogP) is 18.0. The molecule has 0 unspecified atom stereocenters. The van der Waals surface area contributed by atoms with Gasteiger partial charge in [-0.15, -0.1) is 0 Å². The highest BCUT2D eigenvalue weighted by molar-refractivity contribution is 5.81. The Hall–Kier alpha value is -9.69. The van der Waals surface area contributed by atoms with Crippen LogP contribution in [-0.2, 0) is 5.41 Å². The molecule has 0 aliphatic carbocycles. The van der Waals surface area contributed by atoms with Gasteiger partial charge in [-0.1, -0.05) is 182 Å². The van der Waals surface area contributed by atoms with Crippen LogP contribution in [0.25, 0.3) is 11.1 Å². The molecule has 4 heteroatoms. The van der Waals surface area contributed by atoms with E-state index >= 15 is 0 Å². The van der Waals surface area contributed by atoms with Crippen molar-refractivity contribution in [3.8, 4) is 17.2 Å². The lowest BCUT2D eigenvalue weighted by Gasteiger charge is -2.38. The second-order valence-corrected chi connectivity index (χ2v) is 17.7. The third kappa shape index (κ3) is 8.91. The molecule has 0 saturated carbocycles. The molecule has 0 saturated heterocycles. The maximum absolute atomic E-state index is 9.83. The number of rotatable bonds is 14. The summed E-state index contributed by atoms with van der Waals surface area (Å²) in [6.07, 6.45) is 0. The van der Waals surface area contributed by atoms with Gasteiger partial charge in [-0.05, 0) is 155 Å². The molecule has 0 N–H and O–H groups in total. The molecule has 0 fully saturated rings. The summed E-state index contributed by atoms with van der Waals surface area (Å²) >= 11 is 0. The van der Waals surface area contributed by atoms with Crippen LogP contribution in [0.5, 0.6) is 0 Å². The van der Waals surface area contributed by atoms with Gasteiger partial charge in [0.05, 0.1) is 17.0 Å². The lowest BCUT2D eigenvalue weighted by molar-refractivity contribution is 0.745. The Bertz CT molecular complexity index is 3100. The van der Waals surface area contributed by atoms with Crippen LogP contribution in [0.2, 0.25) is 0 Å². The molecule has 11 aromatic rings. The van der Waals surface area contributed by atoms with Crippen LogP contribution >= 0.6 is 0 Å². The second kappa shape index (κ2) is 20.5. The van der Waals surface area contributed by atoms with Gasteiger partial charge in [0.25, 0.3) is 0 Å². The van der Waals surface area contributed by atoms with Crippen LogP contribution in [-0.4, -0.2) is 0 Å². The van der Waals surface area contributed by atoms with Crippen LogP contribution in [0.1, 0.15) is 27.8 Å². The maximum Gasteiger partial charge on any atom is 0.0991 e. The molecule has 0 spiro atoms. The van der Waals surface area contributed by atoms with Crippen LogP contribution in [0.4, 0.5) is 51.2 Å². The largest absolute Gasteiger partial charge is 0.311 e. The highest BCUT2D eigenvalue weighted by atomic mass is 15.2. The van der Waals surface area contributed by atoms with Crippen molar-refractivity contribution in [2.75, 3.05) is 14.7 Å². The van der Waals surface area contributed by atoms with Crippen LogP contribution in [0, 0.1) is 11.3 Å². The van der Waals surface area contributed by atoms with E-state index in [2.05, 4.69) is 306 Å². The summed E-state index contributed by atoms with van der Waals surface area (Å²) in [5.41, 5.74) is 15.9. The van der Waals surface area contributed by atoms with E-state index in [1.54, 1.807) is 0 Å². The van der Waals surface area contributed by atoms with Crippen molar-refractivity contribution in [2.24, 2.45) is 0 Å². The van der Waals surface area contributed by atoms with E-state index in [9.17, 15) is 5.26 Å². The monoisotopic (exact) mass is 922 g/mol. The Labute approximate surface area is 422 Å². The molecule has 72 heavy (non-hydrogen) atoms. The number of hydrogen-bond donors (Lipinski definition) is 0. The average Bonchev–Trinajstić information content (AvgIpc) is 3.46. The van der Waals surface area contributed by atoms with Crippen molar-refractivity contribution < 1.29 is 0 Å². The highest BCUT2D eigenvalue weighted by Gasteiger charge is 2.39. The second-order valence-electron chi connectivity index (χ2n) is 17.7. The van der Waals surface area contributed by atoms with Gasteiger partial charge >= 0.3 is 0 Å². The normalized spacial score (nSPS) is 11.0. The molecule has 0 radical (unpaired) electrons. The number of benzene rings is 11. The van der Waals surface area contributed by atoms with Crippen molar-refractivity contribution in [3.05, 3.63) is 331 Å². The van der Waals surface area contributed by atoms with Gasteiger partial charge in [0.15, 0.2) is 0 Å². The molecule has 0 aliphatic rings. The van der Waals surface area contributed by atoms with Crippen molar-refractivity contribution in [1.82, 2.24) is 0 Å². The molecule has 0 amide bonds. The summed E-state index contributed by atoms with van der Waals surface area (Å²) in [7, 11) is 0. The van der Waals surface area contributed by atoms with E-state index in [0.717, 1.165) is 84.6 Å². The summed E-state index contributed by atoms with van der Waals surface area (Å²) in [6.45, 7) is 0. The lowest BCUT2D eigenvalue weighted by atomic mass is 9.65. The Morgan fingerprint density at radius 3 is 0.750 bits per heavy atom. The van der Waals surface area contributed by atoms with Gasteiger partial charge in [0, 0.05) is 51.2 Å². The molecule has 0 bridgehead atoms. The summed E-state index contributed by atoms with van der Waals surface area (Å²) < 4.78 is 0. The Kier molecular flexibility index (Phi) is 12.8. The third-order valence-electron chi connectivity index (χ3n) is 13.4. The van der Waals surface area contributed by atoms with E-state index in [1.807, 2.05) is 18.2 Å². The van der Waals surface area contributed by atoms with E-state index in [-0.39, 0.29) is 0 Å². The summed E-state index contributed by atoms with van der Waals surface area (Å²) in [6, 6.07) is 110. The molecular weight excluding hydrogens is 873 g/mol. The Morgan fingerprint density at radius 2 is 0.486 bits per heavy atom. The van der Waals surface area contributed by atoms with E-state index < -0.39 is 5.41 Å². The summed E-state index contributed by atoms with van der Waals surface area (Å²) in [5.74, 6) is 0. The van der Waals surface area contributed by atoms with Crippen LogP contribution in [0.15, 0.2) is 303 Å². The standard InChI is InChI=1S/C68H50N4/c69-51-52-20-19-21-54(50-52)53-34-36-55(37-35-53)68(56-38-44-65(45-39-56)70(59-22-7-1-8-23-59)60-24-9-2-10-25-60,57-40-46-66(47-41-57)71(61-26-11-3-12-27-61)62-28-13-4-14-29-62)58-42-48-67(49-43-58)72(63-30-15-5-16-31-63)64-32-17-6-18-33-64/h1-50H. The number of para-hydroxylation sites is 6. The van der Waals surface area contributed by atoms with Gasteiger partial charge in [0.2, 0.25) is 0 Å². The molecule has 0 atom stereocenters.